The number of hydrogen-bond donors (Lipinski definition) is 4. The lowest BCUT2D eigenvalue weighted by molar-refractivity contribution is -0.0659. The molecule has 0 bridgehead atoms. The van der Waals surface area contributed by atoms with Crippen molar-refractivity contribution in [3.8, 4) is 0 Å². The predicted molar refractivity (Wildman–Crippen MR) is 74.7 cm³/mol. The van der Waals surface area contributed by atoms with Gasteiger partial charge in [0.2, 0.25) is 5.95 Å². The number of nitrogen functional groups attached to an aromatic ring is 2. The fourth-order valence-corrected chi connectivity index (χ4v) is 3.71. The van der Waals surface area contributed by atoms with Gasteiger partial charge in [-0.25, -0.2) is 19.5 Å². The van der Waals surface area contributed by atoms with Crippen LogP contribution in [0.3, 0.4) is 0 Å². The molecule has 6 N–H and O–H groups in total. The van der Waals surface area contributed by atoms with E-state index in [4.69, 9.17) is 20.7 Å². The molecule has 0 aromatic carbocycles. The van der Waals surface area contributed by atoms with Gasteiger partial charge in [-0.15, -0.1) is 0 Å². The molecule has 2 aromatic rings. The summed E-state index contributed by atoms with van der Waals surface area (Å²) >= 11 is 0. The number of phosphoric ester groups is 1. The monoisotopic (exact) mass is 344 g/mol. The average molecular weight is 344 g/mol. The summed E-state index contributed by atoms with van der Waals surface area (Å²) in [4.78, 5) is 21.3. The Kier molecular flexibility index (Phi) is 3.10. The molecule has 1 unspecified atom stereocenters. The Hall–Kier alpha value is -1.82. The van der Waals surface area contributed by atoms with Crippen LogP contribution in [0.5, 0.6) is 0 Å². The third-order valence-electron chi connectivity index (χ3n) is 3.75. The molecule has 4 heterocycles. The Morgan fingerprint density at radius 3 is 2.96 bits per heavy atom. The molecule has 0 amide bonds. The van der Waals surface area contributed by atoms with Crippen molar-refractivity contribution < 1.29 is 28.3 Å². The maximum absolute atomic E-state index is 11.5. The predicted octanol–water partition coefficient (Wildman–Crippen LogP) is -1.24. The Bertz CT molecular complexity index is 828. The lowest BCUT2D eigenvalue weighted by atomic mass is 10.1. The highest BCUT2D eigenvalue weighted by atomic mass is 31.2. The van der Waals surface area contributed by atoms with Crippen LogP contribution in [0, 0.1) is 0 Å². The zero-order valence-electron chi connectivity index (χ0n) is 11.5. The molecule has 2 aliphatic rings. The minimum absolute atomic E-state index is 0.00277. The zero-order chi connectivity index (χ0) is 16.4. The molecule has 2 aliphatic heterocycles. The number of nitrogens with zero attached hydrogens (tertiary/aromatic N) is 4. The Balaban J connectivity index is 1.76. The SMILES string of the molecule is Nc1ncnc2c1nc(N)n2[C@@H]1O[C@@H]2COP(=O)(O)O[C@H]2[C@@H]1O. The number of hydrogen-bond acceptors (Lipinski definition) is 10. The molecule has 0 aliphatic carbocycles. The number of anilines is 2. The van der Waals surface area contributed by atoms with Crippen LogP contribution in [0.1, 0.15) is 6.23 Å². The largest absolute Gasteiger partial charge is 0.472 e. The Morgan fingerprint density at radius 2 is 2.17 bits per heavy atom. The zero-order valence-corrected chi connectivity index (χ0v) is 12.4. The van der Waals surface area contributed by atoms with Gasteiger partial charge in [-0.1, -0.05) is 0 Å². The van der Waals surface area contributed by atoms with E-state index in [-0.39, 0.29) is 29.5 Å². The summed E-state index contributed by atoms with van der Waals surface area (Å²) in [7, 11) is -4.21. The first-order valence-electron chi connectivity index (χ1n) is 6.60. The number of nitrogens with two attached hydrogens (primary N) is 2. The molecular weight excluding hydrogens is 331 g/mol. The van der Waals surface area contributed by atoms with E-state index in [9.17, 15) is 14.6 Å². The number of aliphatic hydroxyl groups is 1. The number of imidazole rings is 1. The molecule has 2 saturated heterocycles. The number of fused-ring (bicyclic) bond motifs is 2. The van der Waals surface area contributed by atoms with E-state index in [1.165, 1.54) is 10.9 Å². The van der Waals surface area contributed by atoms with Crippen molar-refractivity contribution >= 4 is 30.8 Å². The van der Waals surface area contributed by atoms with Gasteiger partial charge < -0.3 is 26.2 Å². The molecule has 124 valence electrons. The minimum atomic E-state index is -4.21. The summed E-state index contributed by atoms with van der Waals surface area (Å²) < 4.78 is 28.1. The van der Waals surface area contributed by atoms with Crippen molar-refractivity contribution in [3.63, 3.8) is 0 Å². The van der Waals surface area contributed by atoms with Gasteiger partial charge in [-0.05, 0) is 0 Å². The number of ether oxygens (including phenoxy) is 1. The maximum Gasteiger partial charge on any atom is 0.472 e. The topological polar surface area (TPSA) is 181 Å². The summed E-state index contributed by atoms with van der Waals surface area (Å²) in [6, 6.07) is 0. The van der Waals surface area contributed by atoms with Gasteiger partial charge in [0, 0.05) is 0 Å². The van der Waals surface area contributed by atoms with Gasteiger partial charge in [0.1, 0.15) is 24.6 Å². The molecule has 0 spiro atoms. The normalized spacial score (nSPS) is 37.1. The smallest absolute Gasteiger partial charge is 0.386 e. The Labute approximate surface area is 128 Å². The van der Waals surface area contributed by atoms with Crippen molar-refractivity contribution in [1.82, 2.24) is 19.5 Å². The maximum atomic E-state index is 11.5. The lowest BCUT2D eigenvalue weighted by Gasteiger charge is -2.27. The average Bonchev–Trinajstić information content (AvgIpc) is 2.97. The van der Waals surface area contributed by atoms with E-state index < -0.39 is 32.4 Å². The third-order valence-corrected chi connectivity index (χ3v) is 4.74. The first-order chi connectivity index (χ1) is 10.9. The van der Waals surface area contributed by atoms with Crippen LogP contribution in [0.15, 0.2) is 6.33 Å². The molecule has 0 radical (unpaired) electrons. The van der Waals surface area contributed by atoms with Crippen LogP contribution >= 0.6 is 7.82 Å². The summed E-state index contributed by atoms with van der Waals surface area (Å²) in [5.74, 6) is 0.132. The van der Waals surface area contributed by atoms with Crippen molar-refractivity contribution in [2.45, 2.75) is 24.5 Å². The second kappa shape index (κ2) is 4.84. The number of aromatic nitrogens is 4. The molecule has 5 atom stereocenters. The number of phosphoric acid groups is 1. The van der Waals surface area contributed by atoms with Gasteiger partial charge in [0.05, 0.1) is 6.61 Å². The van der Waals surface area contributed by atoms with Crippen molar-refractivity contribution in [2.24, 2.45) is 0 Å². The second-order valence-corrected chi connectivity index (χ2v) is 6.57. The first kappa shape index (κ1) is 14.8. The van der Waals surface area contributed by atoms with Gasteiger partial charge in [-0.3, -0.25) is 13.6 Å². The van der Waals surface area contributed by atoms with Crippen LogP contribution < -0.4 is 11.5 Å². The van der Waals surface area contributed by atoms with E-state index in [2.05, 4.69) is 19.5 Å². The quantitative estimate of drug-likeness (QED) is 0.454. The van der Waals surface area contributed by atoms with Crippen molar-refractivity contribution in [2.75, 3.05) is 18.1 Å². The standard InChI is InChI=1S/C10H13N6O6P/c11-7-4-8(14-2-13-7)16(10(12)15-4)9-5(17)6-3(21-9)1-20-23(18,19)22-6/h2-3,5-6,9,17H,1H2,(H2,12,15)(H,18,19)(H2,11,13,14)/t3-,5+,6-,9-/m1/s1. The lowest BCUT2D eigenvalue weighted by Crippen LogP contribution is -2.39. The van der Waals surface area contributed by atoms with Gasteiger partial charge in [0.25, 0.3) is 0 Å². The molecule has 2 aromatic heterocycles. The van der Waals surface area contributed by atoms with Crippen LogP contribution in [-0.2, 0) is 18.3 Å². The fourth-order valence-electron chi connectivity index (χ4n) is 2.74. The van der Waals surface area contributed by atoms with Crippen LogP contribution in [-0.4, -0.2) is 54.4 Å². The molecular formula is C10H13N6O6P. The van der Waals surface area contributed by atoms with Gasteiger partial charge in [0.15, 0.2) is 23.2 Å². The molecule has 13 heteroatoms. The van der Waals surface area contributed by atoms with E-state index in [0.29, 0.717) is 0 Å². The van der Waals surface area contributed by atoms with Crippen LogP contribution in [0.25, 0.3) is 11.2 Å². The highest BCUT2D eigenvalue weighted by molar-refractivity contribution is 7.47. The fraction of sp³-hybridized carbons (Fsp3) is 0.500. The number of rotatable bonds is 1. The van der Waals surface area contributed by atoms with E-state index >= 15 is 0 Å². The van der Waals surface area contributed by atoms with Gasteiger partial charge >= 0.3 is 7.82 Å². The molecule has 2 fully saturated rings. The summed E-state index contributed by atoms with van der Waals surface area (Å²) in [5.41, 5.74) is 12.1. The highest BCUT2D eigenvalue weighted by Gasteiger charge is 2.53. The Morgan fingerprint density at radius 1 is 1.39 bits per heavy atom. The first-order valence-corrected chi connectivity index (χ1v) is 8.10. The summed E-state index contributed by atoms with van der Waals surface area (Å²) in [6.45, 7) is -0.199. The summed E-state index contributed by atoms with van der Waals surface area (Å²) in [6.07, 6.45) is -2.85. The van der Waals surface area contributed by atoms with E-state index in [1.54, 1.807) is 0 Å². The molecule has 23 heavy (non-hydrogen) atoms. The minimum Gasteiger partial charge on any atom is -0.386 e. The highest BCUT2D eigenvalue weighted by Crippen LogP contribution is 2.52. The van der Waals surface area contributed by atoms with Crippen molar-refractivity contribution in [3.05, 3.63) is 6.33 Å². The van der Waals surface area contributed by atoms with Crippen molar-refractivity contribution in [1.29, 1.82) is 0 Å². The molecule has 12 nitrogen and oxygen atoms in total. The second-order valence-electron chi connectivity index (χ2n) is 5.16. The molecule has 0 saturated carbocycles. The van der Waals surface area contributed by atoms with Crippen LogP contribution in [0.2, 0.25) is 0 Å². The molecule has 4 rings (SSSR count). The van der Waals surface area contributed by atoms with Gasteiger partial charge in [-0.2, -0.15) is 0 Å². The van der Waals surface area contributed by atoms with E-state index in [1.807, 2.05) is 0 Å². The summed E-state index contributed by atoms with van der Waals surface area (Å²) in [5, 5.41) is 10.4. The number of aliphatic hydroxyl groups excluding tert-OH is 1. The third kappa shape index (κ3) is 2.19. The van der Waals surface area contributed by atoms with Crippen LogP contribution in [0.4, 0.5) is 11.8 Å². The van der Waals surface area contributed by atoms with E-state index in [0.717, 1.165) is 0 Å².